The molecule has 0 amide bonds. The van der Waals surface area contributed by atoms with E-state index in [4.69, 9.17) is 17.2 Å². The molecule has 0 atom stereocenters. The van der Waals surface area contributed by atoms with Crippen molar-refractivity contribution >= 4 is 93.0 Å². The number of benzene rings is 6. The van der Waals surface area contributed by atoms with E-state index in [1.165, 1.54) is 60.7 Å². The number of nitrogen functional groups attached to an aromatic ring is 3. The van der Waals surface area contributed by atoms with E-state index in [0.29, 0.717) is 44.8 Å². The molecule has 0 fully saturated rings. The normalized spacial score (nSPS) is 12.1. The number of nitrogens with zero attached hydrogens (tertiary/aromatic N) is 6. The minimum atomic E-state index is -5.10. The molecule has 0 radical (unpaired) electrons. The number of nitrogens with two attached hydrogens (primary N) is 3. The van der Waals surface area contributed by atoms with Crippen molar-refractivity contribution in [2.24, 2.45) is 30.7 Å². The third-order valence-electron chi connectivity index (χ3n) is 7.79. The molecular weight excluding hydrogens is 745 g/mol. The number of azo groups is 3. The molecule has 0 saturated heterocycles. The van der Waals surface area contributed by atoms with Crippen molar-refractivity contribution in [2.75, 3.05) is 17.2 Å². The second kappa shape index (κ2) is 16.4. The molecule has 7 N–H and O–H groups in total. The molecule has 53 heavy (non-hydrogen) atoms. The quantitative estimate of drug-likeness (QED) is 0.0754. The van der Waals surface area contributed by atoms with Gasteiger partial charge in [0.15, 0.2) is 5.75 Å². The van der Waals surface area contributed by atoms with Gasteiger partial charge in [0, 0.05) is 27.5 Å². The van der Waals surface area contributed by atoms with Crippen LogP contribution in [0, 0.1) is 6.92 Å². The van der Waals surface area contributed by atoms with Crippen molar-refractivity contribution in [2.45, 2.75) is 16.7 Å². The smallest absolute Gasteiger partial charge is 0.744 e. The van der Waals surface area contributed by atoms with Crippen molar-refractivity contribution in [3.8, 4) is 5.75 Å². The molecule has 0 heterocycles. The molecule has 0 aliphatic carbocycles. The van der Waals surface area contributed by atoms with Gasteiger partial charge in [0.25, 0.3) is 0 Å². The molecule has 0 bridgehead atoms. The minimum absolute atomic E-state index is 0. The van der Waals surface area contributed by atoms with E-state index >= 15 is 0 Å². The van der Waals surface area contributed by atoms with Crippen molar-refractivity contribution < 1.29 is 90.2 Å². The fourth-order valence-electron chi connectivity index (χ4n) is 4.99. The standard InChI is InChI=1S/C33H27N9O7S2.2Na/c1-17-26(34)10-13-29(31(17)36)41-39-21-3-2-18-14-30(51(47,48)49)32(33(43)24(18)15-21)42-38-20-6-4-19(5-7-20)37-40-28-12-11-27(35)25-16-22(50(44,45)46)8-9-23(25)28;;/h2-16,43H,34-36H2,1H3,(H,44,45,46)(H,47,48,49);;/q;2*+1/p-2. The van der Waals surface area contributed by atoms with E-state index < -0.39 is 41.5 Å². The predicted octanol–water partition coefficient (Wildman–Crippen LogP) is 1.82. The van der Waals surface area contributed by atoms with Crippen LogP contribution in [0.4, 0.5) is 51.2 Å². The van der Waals surface area contributed by atoms with Crippen molar-refractivity contribution in [1.29, 1.82) is 0 Å². The summed E-state index contributed by atoms with van der Waals surface area (Å²) in [6, 6.07) is 21.6. The van der Waals surface area contributed by atoms with Crippen molar-refractivity contribution in [3.05, 3.63) is 96.6 Å². The Bertz CT molecular complexity index is 2710. The largest absolute Gasteiger partial charge is 1.00 e. The van der Waals surface area contributed by atoms with Crippen LogP contribution >= 0.6 is 0 Å². The molecule has 0 unspecified atom stereocenters. The summed E-state index contributed by atoms with van der Waals surface area (Å²) in [6.45, 7) is 1.74. The number of aromatic hydroxyl groups is 1. The predicted molar refractivity (Wildman–Crippen MR) is 189 cm³/mol. The summed E-state index contributed by atoms with van der Waals surface area (Å²) in [5, 5.41) is 36.9. The summed E-state index contributed by atoms with van der Waals surface area (Å²) in [4.78, 5) is -1.21. The summed E-state index contributed by atoms with van der Waals surface area (Å²) in [5.41, 5.74) is 20.7. The van der Waals surface area contributed by atoms with Crippen molar-refractivity contribution in [3.63, 3.8) is 0 Å². The topological polar surface area (TPSA) is 287 Å². The molecule has 258 valence electrons. The van der Waals surface area contributed by atoms with Gasteiger partial charge in [-0.3, -0.25) is 0 Å². The zero-order chi connectivity index (χ0) is 36.7. The second-order valence-electron chi connectivity index (χ2n) is 11.1. The number of phenolic OH excluding ortho intramolecular Hbond substituents is 1. The Morgan fingerprint density at radius 2 is 1.13 bits per heavy atom. The molecule has 0 aliphatic rings. The van der Waals surface area contributed by atoms with Crippen LogP contribution in [0.2, 0.25) is 0 Å². The van der Waals surface area contributed by atoms with Gasteiger partial charge in [0.2, 0.25) is 0 Å². The molecule has 16 nitrogen and oxygen atoms in total. The van der Waals surface area contributed by atoms with E-state index in [1.54, 1.807) is 25.1 Å². The number of fused-ring (bicyclic) bond motifs is 2. The zero-order valence-electron chi connectivity index (χ0n) is 28.3. The van der Waals surface area contributed by atoms with E-state index in [0.717, 1.165) is 12.1 Å². The molecule has 20 heteroatoms. The first-order valence-electron chi connectivity index (χ1n) is 14.6. The maximum atomic E-state index is 12.2. The van der Waals surface area contributed by atoms with Crippen molar-refractivity contribution in [1.82, 2.24) is 0 Å². The second-order valence-corrected chi connectivity index (χ2v) is 13.8. The van der Waals surface area contributed by atoms with Gasteiger partial charge in [-0.2, -0.15) is 15.3 Å². The van der Waals surface area contributed by atoms with Gasteiger partial charge < -0.3 is 31.4 Å². The van der Waals surface area contributed by atoms with Crippen LogP contribution in [-0.4, -0.2) is 31.0 Å². The van der Waals surface area contributed by atoms with Gasteiger partial charge in [-0.05, 0) is 96.7 Å². The Morgan fingerprint density at radius 3 is 1.77 bits per heavy atom. The van der Waals surface area contributed by atoms with Gasteiger partial charge in [-0.15, -0.1) is 15.3 Å². The van der Waals surface area contributed by atoms with Gasteiger partial charge >= 0.3 is 59.1 Å². The molecule has 0 spiro atoms. The monoisotopic (exact) mass is 769 g/mol. The number of hydrogen-bond donors (Lipinski definition) is 4. The Balaban J connectivity index is 0.00000314. The zero-order valence-corrected chi connectivity index (χ0v) is 33.9. The summed E-state index contributed by atoms with van der Waals surface area (Å²) in [6.07, 6.45) is 0. The van der Waals surface area contributed by atoms with E-state index in [1.807, 2.05) is 0 Å². The van der Waals surface area contributed by atoms with Crippen LogP contribution in [-0.2, 0) is 20.2 Å². The fraction of sp³-hybridized carbons (Fsp3) is 0.0303. The summed E-state index contributed by atoms with van der Waals surface area (Å²) >= 11 is 0. The first kappa shape index (κ1) is 41.4. The first-order valence-corrected chi connectivity index (χ1v) is 17.5. The van der Waals surface area contributed by atoms with Crippen LogP contribution in [0.3, 0.4) is 0 Å². The van der Waals surface area contributed by atoms with Crippen LogP contribution in [0.5, 0.6) is 5.75 Å². The Hall–Kier alpha value is -4.34. The Morgan fingerprint density at radius 1 is 0.566 bits per heavy atom. The summed E-state index contributed by atoms with van der Waals surface area (Å²) in [5.74, 6) is -0.619. The SMILES string of the molecule is Cc1c(N)ccc(N=Nc2ccc3cc(S(=O)(=O)[O-])c(N=Nc4ccc(N=Nc5ccc(N)c6cc(S(=O)(=O)[O-])ccc56)cc4)c(O)c3c2)c1N.[Na+].[Na+]. The minimum Gasteiger partial charge on any atom is -0.744 e. The fourth-order valence-corrected chi connectivity index (χ4v) is 6.13. The van der Waals surface area contributed by atoms with E-state index in [-0.39, 0.29) is 86.9 Å². The van der Waals surface area contributed by atoms with Gasteiger partial charge in [0.05, 0.1) is 38.2 Å². The van der Waals surface area contributed by atoms with Crippen LogP contribution < -0.4 is 76.3 Å². The maximum Gasteiger partial charge on any atom is 1.00 e. The number of phenols is 1. The number of anilines is 3. The number of hydrogen-bond acceptors (Lipinski definition) is 16. The molecule has 6 aromatic carbocycles. The van der Waals surface area contributed by atoms with Crippen LogP contribution in [0.15, 0.2) is 131 Å². The molecular formula is C33H25N9Na2O7S2. The maximum absolute atomic E-state index is 12.2. The molecule has 0 saturated carbocycles. The summed E-state index contributed by atoms with van der Waals surface area (Å²) < 4.78 is 70.9. The molecule has 0 aliphatic heterocycles. The van der Waals surface area contributed by atoms with Gasteiger partial charge in [-0.25, -0.2) is 16.8 Å². The molecule has 6 rings (SSSR count). The Kier molecular flexibility index (Phi) is 12.8. The third kappa shape index (κ3) is 9.07. The average molecular weight is 770 g/mol. The first-order chi connectivity index (χ1) is 24.1. The average Bonchev–Trinajstić information content (AvgIpc) is 3.09. The molecule has 0 aromatic heterocycles. The van der Waals surface area contributed by atoms with Gasteiger partial charge in [0.1, 0.15) is 31.6 Å². The molecule has 6 aromatic rings. The number of rotatable bonds is 8. The Labute approximate surface area is 347 Å². The van der Waals surface area contributed by atoms with E-state index in [2.05, 4.69) is 30.7 Å². The summed E-state index contributed by atoms with van der Waals surface area (Å²) in [7, 11) is -9.79. The van der Waals surface area contributed by atoms with Crippen LogP contribution in [0.1, 0.15) is 5.56 Å². The van der Waals surface area contributed by atoms with Gasteiger partial charge in [-0.1, -0.05) is 12.1 Å². The van der Waals surface area contributed by atoms with E-state index in [9.17, 15) is 31.0 Å². The third-order valence-corrected chi connectivity index (χ3v) is 9.47. The van der Waals surface area contributed by atoms with Crippen LogP contribution in [0.25, 0.3) is 21.5 Å².